The van der Waals surface area contributed by atoms with E-state index in [2.05, 4.69) is 19.9 Å². The molecule has 10 heteroatoms. The lowest BCUT2D eigenvalue weighted by molar-refractivity contribution is -0.302. The molecule has 2 aliphatic rings. The van der Waals surface area contributed by atoms with Crippen LogP contribution in [-0.4, -0.2) is 91.1 Å². The van der Waals surface area contributed by atoms with Crippen molar-refractivity contribution in [2.24, 2.45) is 11.8 Å². The molecule has 0 N–H and O–H groups in total. The molecule has 2 heterocycles. The number of ether oxygens (including phenoxy) is 9. The summed E-state index contributed by atoms with van der Waals surface area (Å²) in [6.07, 6.45) is 5.39. The average Bonchev–Trinajstić information content (AvgIpc) is 2.84. The summed E-state index contributed by atoms with van der Waals surface area (Å²) < 4.78 is 51.1. The van der Waals surface area contributed by atoms with Crippen molar-refractivity contribution in [3.05, 3.63) is 12.2 Å². The molecular formula is C26H46O10. The molecule has 0 amide bonds. The molecule has 10 nitrogen and oxygen atoms in total. The summed E-state index contributed by atoms with van der Waals surface area (Å²) in [6, 6.07) is 0. The normalized spacial score (nSPS) is 36.5. The van der Waals surface area contributed by atoms with E-state index in [4.69, 9.17) is 42.6 Å². The predicted molar refractivity (Wildman–Crippen MR) is 131 cm³/mol. The van der Waals surface area contributed by atoms with Gasteiger partial charge in [-0.1, -0.05) is 26.0 Å². The van der Waals surface area contributed by atoms with E-state index in [-0.39, 0.29) is 56.9 Å². The number of esters is 1. The predicted octanol–water partition coefficient (Wildman–Crippen LogP) is 3.42. The molecular weight excluding hydrogens is 472 g/mol. The fraction of sp³-hybridized carbons (Fsp3) is 0.885. The molecule has 0 aromatic carbocycles. The van der Waals surface area contributed by atoms with Gasteiger partial charge in [-0.3, -0.25) is 4.79 Å². The van der Waals surface area contributed by atoms with Crippen molar-refractivity contribution >= 4 is 5.97 Å². The van der Waals surface area contributed by atoms with E-state index in [1.807, 2.05) is 13.0 Å². The van der Waals surface area contributed by atoms with Crippen molar-refractivity contribution in [2.75, 3.05) is 55.4 Å². The minimum absolute atomic E-state index is 0.00430. The number of carbonyl (C=O) groups is 1. The first kappa shape index (κ1) is 31.1. The molecule has 36 heavy (non-hydrogen) atoms. The Morgan fingerprint density at radius 2 is 1.61 bits per heavy atom. The van der Waals surface area contributed by atoms with Gasteiger partial charge in [0.15, 0.2) is 5.79 Å². The largest absolute Gasteiger partial charge is 0.459 e. The van der Waals surface area contributed by atoms with Gasteiger partial charge >= 0.3 is 5.97 Å². The van der Waals surface area contributed by atoms with Crippen molar-refractivity contribution in [1.82, 2.24) is 0 Å². The average molecular weight is 519 g/mol. The number of rotatable bonds is 13. The Labute approximate surface area is 215 Å². The van der Waals surface area contributed by atoms with Crippen LogP contribution < -0.4 is 0 Å². The van der Waals surface area contributed by atoms with Gasteiger partial charge in [0.1, 0.15) is 26.0 Å². The molecule has 1 saturated heterocycles. The molecule has 2 aliphatic heterocycles. The lowest BCUT2D eigenvalue weighted by atomic mass is 9.84. The topological polar surface area (TPSA) is 100 Å². The molecule has 0 aromatic rings. The van der Waals surface area contributed by atoms with Gasteiger partial charge in [-0.15, -0.1) is 0 Å². The van der Waals surface area contributed by atoms with Crippen molar-refractivity contribution < 1.29 is 47.4 Å². The van der Waals surface area contributed by atoms with Gasteiger partial charge in [0.25, 0.3) is 0 Å². The van der Waals surface area contributed by atoms with Crippen LogP contribution in [-0.2, 0) is 47.4 Å². The fourth-order valence-corrected chi connectivity index (χ4v) is 4.81. The summed E-state index contributed by atoms with van der Waals surface area (Å²) in [6.45, 7) is 7.06. The number of carbonyl (C=O) groups excluding carboxylic acids is 1. The third-order valence-corrected chi connectivity index (χ3v) is 6.93. The number of hydrogen-bond acceptors (Lipinski definition) is 10. The molecule has 2 bridgehead atoms. The number of cyclic esters (lactones) is 1. The lowest BCUT2D eigenvalue weighted by Gasteiger charge is -2.46. The molecule has 0 unspecified atom stereocenters. The molecule has 1 fully saturated rings. The Morgan fingerprint density at radius 1 is 0.944 bits per heavy atom. The van der Waals surface area contributed by atoms with E-state index in [1.54, 1.807) is 28.4 Å². The Morgan fingerprint density at radius 3 is 2.25 bits per heavy atom. The summed E-state index contributed by atoms with van der Waals surface area (Å²) in [5.41, 5.74) is -0.796. The van der Waals surface area contributed by atoms with E-state index in [0.29, 0.717) is 32.3 Å². The highest BCUT2D eigenvalue weighted by molar-refractivity contribution is 5.71. The third-order valence-electron chi connectivity index (χ3n) is 6.93. The summed E-state index contributed by atoms with van der Waals surface area (Å²) >= 11 is 0. The van der Waals surface area contributed by atoms with Gasteiger partial charge in [0, 0.05) is 59.7 Å². The van der Waals surface area contributed by atoms with Gasteiger partial charge in [-0.05, 0) is 19.8 Å². The highest BCUT2D eigenvalue weighted by Gasteiger charge is 2.48. The standard InChI is InChI=1S/C26H46O10/c1-19-9-10-21-20(2)23(34-18-30-6)14-26(31-7,35-21)15-24(27)36-25(3,11-8-12-32-16-28-4)13-22(19)33-17-29-5/h9-10,19-23H,8,11-18H2,1-7H3/b10-9+/t19-,20+,21+,22-,23+,25-,26+/m1/s1. The summed E-state index contributed by atoms with van der Waals surface area (Å²) in [5, 5.41) is 0. The summed E-state index contributed by atoms with van der Waals surface area (Å²) in [7, 11) is 6.30. The Hall–Kier alpha value is -1.11. The van der Waals surface area contributed by atoms with Crippen LogP contribution in [0.5, 0.6) is 0 Å². The maximum absolute atomic E-state index is 13.3. The van der Waals surface area contributed by atoms with Crippen molar-refractivity contribution in [1.29, 1.82) is 0 Å². The Balaban J connectivity index is 2.35. The van der Waals surface area contributed by atoms with Gasteiger partial charge < -0.3 is 42.6 Å². The van der Waals surface area contributed by atoms with E-state index in [1.165, 1.54) is 0 Å². The summed E-state index contributed by atoms with van der Waals surface area (Å²) in [5.74, 6) is -1.57. The minimum atomic E-state index is -1.17. The maximum atomic E-state index is 13.3. The van der Waals surface area contributed by atoms with Crippen molar-refractivity contribution in [2.45, 2.75) is 82.6 Å². The number of methoxy groups -OCH3 is 4. The second-order valence-electron chi connectivity index (χ2n) is 9.95. The van der Waals surface area contributed by atoms with Gasteiger partial charge in [0.05, 0.1) is 24.7 Å². The summed E-state index contributed by atoms with van der Waals surface area (Å²) in [4.78, 5) is 13.3. The molecule has 0 aliphatic carbocycles. The zero-order valence-corrected chi connectivity index (χ0v) is 23.0. The Kier molecular flexibility index (Phi) is 13.3. The van der Waals surface area contributed by atoms with Crippen LogP contribution >= 0.6 is 0 Å². The first-order valence-corrected chi connectivity index (χ1v) is 12.6. The highest BCUT2D eigenvalue weighted by atomic mass is 16.7. The van der Waals surface area contributed by atoms with Crippen LogP contribution in [0.2, 0.25) is 0 Å². The number of hydrogen-bond donors (Lipinski definition) is 0. The Bertz CT molecular complexity index is 673. The van der Waals surface area contributed by atoms with E-state index < -0.39 is 17.4 Å². The molecule has 7 atom stereocenters. The number of fused-ring (bicyclic) bond motifs is 2. The SMILES string of the molecule is COCOCCC[C@]1(C)C[C@@H](OCOC)[C@H](C)/C=C/[C@@H]2O[C@](OC)(CC(=O)O1)C[C@H](OCOC)[C@H]2C. The zero-order chi connectivity index (χ0) is 26.6. The lowest BCUT2D eigenvalue weighted by Crippen LogP contribution is -2.54. The first-order chi connectivity index (χ1) is 17.2. The molecule has 0 radical (unpaired) electrons. The minimum Gasteiger partial charge on any atom is -0.459 e. The van der Waals surface area contributed by atoms with Gasteiger partial charge in [-0.2, -0.15) is 0 Å². The molecule has 2 rings (SSSR count). The first-order valence-electron chi connectivity index (χ1n) is 12.6. The van der Waals surface area contributed by atoms with Crippen molar-refractivity contribution in [3.63, 3.8) is 0 Å². The van der Waals surface area contributed by atoms with Crippen molar-refractivity contribution in [3.8, 4) is 0 Å². The molecule has 210 valence electrons. The quantitative estimate of drug-likeness (QED) is 0.156. The molecule has 0 spiro atoms. The van der Waals surface area contributed by atoms with Crippen LogP contribution in [0.15, 0.2) is 12.2 Å². The van der Waals surface area contributed by atoms with Gasteiger partial charge in [0.2, 0.25) is 0 Å². The van der Waals surface area contributed by atoms with Crippen LogP contribution in [0.25, 0.3) is 0 Å². The van der Waals surface area contributed by atoms with E-state index in [0.717, 1.165) is 0 Å². The molecule has 0 aromatic heterocycles. The van der Waals surface area contributed by atoms with Gasteiger partial charge in [-0.25, -0.2) is 0 Å². The van der Waals surface area contributed by atoms with Crippen LogP contribution in [0.1, 0.15) is 52.9 Å². The van der Waals surface area contributed by atoms with E-state index >= 15 is 0 Å². The smallest absolute Gasteiger partial charge is 0.311 e. The highest BCUT2D eigenvalue weighted by Crippen LogP contribution is 2.40. The van der Waals surface area contributed by atoms with Crippen LogP contribution in [0.4, 0.5) is 0 Å². The zero-order valence-electron chi connectivity index (χ0n) is 23.0. The third kappa shape index (κ3) is 9.33. The van der Waals surface area contributed by atoms with Crippen LogP contribution in [0.3, 0.4) is 0 Å². The second kappa shape index (κ2) is 15.3. The maximum Gasteiger partial charge on any atom is 0.311 e. The fourth-order valence-electron chi connectivity index (χ4n) is 4.81. The monoisotopic (exact) mass is 518 g/mol. The molecule has 0 saturated carbocycles. The van der Waals surface area contributed by atoms with Crippen LogP contribution in [0, 0.1) is 11.8 Å². The van der Waals surface area contributed by atoms with E-state index in [9.17, 15) is 4.79 Å². The second-order valence-corrected chi connectivity index (χ2v) is 9.95.